The van der Waals surface area contributed by atoms with Crippen molar-refractivity contribution in [1.82, 2.24) is 9.80 Å². The lowest BCUT2D eigenvalue weighted by Gasteiger charge is -2.31. The zero-order chi connectivity index (χ0) is 19.1. The molecule has 2 aromatic carbocycles. The molecule has 2 aliphatic rings. The number of hydrogen-bond acceptors (Lipinski definition) is 4. The molecule has 2 aromatic rings. The van der Waals surface area contributed by atoms with E-state index in [1.54, 1.807) is 6.20 Å². The topological polar surface area (TPSA) is 60.9 Å². The van der Waals surface area contributed by atoms with Crippen LogP contribution in [0.4, 0.5) is 16.2 Å². The predicted molar refractivity (Wildman–Crippen MR) is 101 cm³/mol. The van der Waals surface area contributed by atoms with Crippen molar-refractivity contribution >= 4 is 29.2 Å². The van der Waals surface area contributed by atoms with E-state index in [1.807, 2.05) is 41.3 Å². The third-order valence-electron chi connectivity index (χ3n) is 5.07. The van der Waals surface area contributed by atoms with Crippen molar-refractivity contribution in [3.05, 3.63) is 71.4 Å². The van der Waals surface area contributed by atoms with E-state index >= 15 is 0 Å². The number of aryl methyl sites for hydroxylation is 2. The van der Waals surface area contributed by atoms with Gasteiger partial charge in [-0.3, -0.25) is 19.4 Å². The highest BCUT2D eigenvalue weighted by molar-refractivity contribution is 6.28. The lowest BCUT2D eigenvalue weighted by atomic mass is 10.0. The standard InChI is InChI=1S/C21H19N3O3/c1-22-19(25)16(20(26)23(2)21(22)27)13-24-17-9-5-3-7-14(17)11-12-15-8-4-6-10-18(15)24/h3-10,13H,11-12H2,1-2H3. The van der Waals surface area contributed by atoms with Gasteiger partial charge >= 0.3 is 6.03 Å². The van der Waals surface area contributed by atoms with Gasteiger partial charge in [-0.25, -0.2) is 4.79 Å². The first-order valence-electron chi connectivity index (χ1n) is 8.76. The molecule has 6 heteroatoms. The Morgan fingerprint density at radius 3 is 1.67 bits per heavy atom. The average Bonchev–Trinajstić information content (AvgIpc) is 2.85. The monoisotopic (exact) mass is 361 g/mol. The lowest BCUT2D eigenvalue weighted by Crippen LogP contribution is -2.53. The van der Waals surface area contributed by atoms with Gasteiger partial charge in [0.25, 0.3) is 11.8 Å². The second-order valence-electron chi connectivity index (χ2n) is 6.68. The number of amides is 4. The van der Waals surface area contributed by atoms with Crippen LogP contribution in [-0.2, 0) is 22.4 Å². The van der Waals surface area contributed by atoms with E-state index in [0.717, 1.165) is 45.1 Å². The Morgan fingerprint density at radius 2 is 1.19 bits per heavy atom. The highest BCUT2D eigenvalue weighted by Gasteiger charge is 2.38. The van der Waals surface area contributed by atoms with Crippen LogP contribution in [0.1, 0.15) is 11.1 Å². The van der Waals surface area contributed by atoms with Crippen LogP contribution in [0.2, 0.25) is 0 Å². The van der Waals surface area contributed by atoms with Gasteiger partial charge in [-0.05, 0) is 36.1 Å². The van der Waals surface area contributed by atoms with E-state index in [-0.39, 0.29) is 5.57 Å². The number of hydrogen-bond donors (Lipinski definition) is 0. The van der Waals surface area contributed by atoms with E-state index in [1.165, 1.54) is 14.1 Å². The van der Waals surface area contributed by atoms with E-state index < -0.39 is 17.8 Å². The fourth-order valence-corrected chi connectivity index (χ4v) is 3.54. The summed E-state index contributed by atoms with van der Waals surface area (Å²) in [5, 5.41) is 0. The summed E-state index contributed by atoms with van der Waals surface area (Å²) in [5.41, 5.74) is 4.10. The van der Waals surface area contributed by atoms with Crippen molar-refractivity contribution in [3.8, 4) is 0 Å². The Hall–Kier alpha value is -3.41. The third-order valence-corrected chi connectivity index (χ3v) is 5.07. The van der Waals surface area contributed by atoms with Crippen LogP contribution in [0.3, 0.4) is 0 Å². The number of nitrogens with zero attached hydrogens (tertiary/aromatic N) is 3. The van der Waals surface area contributed by atoms with Crippen molar-refractivity contribution in [2.75, 3.05) is 19.0 Å². The number of para-hydroxylation sites is 2. The molecule has 6 nitrogen and oxygen atoms in total. The molecule has 2 aliphatic heterocycles. The Labute approximate surface area is 157 Å². The first kappa shape index (κ1) is 17.0. The van der Waals surface area contributed by atoms with Crippen molar-refractivity contribution in [2.24, 2.45) is 0 Å². The highest BCUT2D eigenvalue weighted by Crippen LogP contribution is 2.37. The average molecular weight is 361 g/mol. The molecule has 4 rings (SSSR count). The summed E-state index contributed by atoms with van der Waals surface area (Å²) in [6.07, 6.45) is 3.30. The normalized spacial score (nSPS) is 16.9. The number of barbiturate groups is 1. The van der Waals surface area contributed by atoms with Gasteiger partial charge in [-0.15, -0.1) is 0 Å². The van der Waals surface area contributed by atoms with Gasteiger partial charge in [0.2, 0.25) is 0 Å². The molecule has 0 atom stereocenters. The number of likely N-dealkylation sites (N-methyl/N-ethyl adjacent to an activating group) is 2. The number of urea groups is 1. The maximum atomic E-state index is 12.6. The molecular weight excluding hydrogens is 342 g/mol. The van der Waals surface area contributed by atoms with Crippen LogP contribution >= 0.6 is 0 Å². The minimum atomic E-state index is -0.626. The van der Waals surface area contributed by atoms with E-state index in [9.17, 15) is 14.4 Å². The predicted octanol–water partition coefficient (Wildman–Crippen LogP) is 2.86. The third kappa shape index (κ3) is 2.70. The van der Waals surface area contributed by atoms with E-state index in [0.29, 0.717) is 0 Å². The molecule has 0 bridgehead atoms. The molecule has 136 valence electrons. The molecule has 2 heterocycles. The van der Waals surface area contributed by atoms with Gasteiger partial charge in [0.1, 0.15) is 5.57 Å². The lowest BCUT2D eigenvalue weighted by molar-refractivity contribution is -0.134. The number of benzene rings is 2. The zero-order valence-electron chi connectivity index (χ0n) is 15.2. The molecule has 0 saturated carbocycles. The Morgan fingerprint density at radius 1 is 0.741 bits per heavy atom. The summed E-state index contributed by atoms with van der Waals surface area (Å²) >= 11 is 0. The van der Waals surface area contributed by atoms with Gasteiger partial charge in [0, 0.05) is 31.7 Å². The molecule has 0 radical (unpaired) electrons. The summed E-state index contributed by atoms with van der Waals surface area (Å²) < 4.78 is 0. The van der Waals surface area contributed by atoms with Gasteiger partial charge in [0.05, 0.1) is 0 Å². The smallest absolute Gasteiger partial charge is 0.316 e. The summed E-state index contributed by atoms with van der Waals surface area (Å²) in [7, 11) is 2.76. The SMILES string of the molecule is CN1C(=O)C(=CN2c3ccccc3CCc3ccccc32)C(=O)N(C)C1=O. The van der Waals surface area contributed by atoms with Crippen molar-refractivity contribution in [3.63, 3.8) is 0 Å². The molecule has 27 heavy (non-hydrogen) atoms. The molecule has 1 fully saturated rings. The zero-order valence-corrected chi connectivity index (χ0v) is 15.2. The molecule has 0 spiro atoms. The first-order chi connectivity index (χ1) is 13.0. The molecule has 0 N–H and O–H groups in total. The quantitative estimate of drug-likeness (QED) is 0.579. The van der Waals surface area contributed by atoms with Gasteiger partial charge in [-0.1, -0.05) is 36.4 Å². The summed E-state index contributed by atoms with van der Waals surface area (Å²) in [6, 6.07) is 15.3. The van der Waals surface area contributed by atoms with E-state index in [4.69, 9.17) is 0 Å². The maximum absolute atomic E-state index is 12.6. The molecule has 4 amide bonds. The number of imide groups is 2. The molecule has 0 aliphatic carbocycles. The van der Waals surface area contributed by atoms with Gasteiger partial charge in [-0.2, -0.15) is 0 Å². The van der Waals surface area contributed by atoms with Crippen LogP contribution in [0.25, 0.3) is 0 Å². The molecular formula is C21H19N3O3. The minimum Gasteiger partial charge on any atom is -0.316 e. The van der Waals surface area contributed by atoms with Crippen LogP contribution in [0.15, 0.2) is 60.3 Å². The summed E-state index contributed by atoms with van der Waals surface area (Å²) in [5.74, 6) is -1.19. The number of fused-ring (bicyclic) bond motifs is 2. The fourth-order valence-electron chi connectivity index (χ4n) is 3.54. The van der Waals surface area contributed by atoms with Crippen LogP contribution in [-0.4, -0.2) is 41.7 Å². The first-order valence-corrected chi connectivity index (χ1v) is 8.76. The van der Waals surface area contributed by atoms with Crippen LogP contribution in [0.5, 0.6) is 0 Å². The molecule has 0 aromatic heterocycles. The number of anilines is 2. The number of carbonyl (C=O) groups is 3. The number of carbonyl (C=O) groups excluding carboxylic acids is 3. The van der Waals surface area contributed by atoms with Crippen molar-refractivity contribution in [2.45, 2.75) is 12.8 Å². The summed E-state index contributed by atoms with van der Waals surface area (Å²) in [4.78, 5) is 41.1. The summed E-state index contributed by atoms with van der Waals surface area (Å²) in [6.45, 7) is 0. The highest BCUT2D eigenvalue weighted by atomic mass is 16.2. The second-order valence-corrected chi connectivity index (χ2v) is 6.68. The number of rotatable bonds is 1. The molecule has 1 saturated heterocycles. The maximum Gasteiger partial charge on any atom is 0.333 e. The largest absolute Gasteiger partial charge is 0.333 e. The Kier molecular flexibility index (Phi) is 4.03. The fraction of sp³-hybridized carbons (Fsp3) is 0.190. The minimum absolute atomic E-state index is 0.0360. The van der Waals surface area contributed by atoms with Gasteiger partial charge in [0.15, 0.2) is 0 Å². The Bertz CT molecular complexity index is 922. The van der Waals surface area contributed by atoms with Crippen LogP contribution in [0, 0.1) is 0 Å². The van der Waals surface area contributed by atoms with E-state index in [2.05, 4.69) is 12.1 Å². The van der Waals surface area contributed by atoms with Crippen molar-refractivity contribution in [1.29, 1.82) is 0 Å². The van der Waals surface area contributed by atoms with Crippen LogP contribution < -0.4 is 4.90 Å². The van der Waals surface area contributed by atoms with Crippen molar-refractivity contribution < 1.29 is 14.4 Å². The molecule has 0 unspecified atom stereocenters. The second kappa shape index (κ2) is 6.39. The van der Waals surface area contributed by atoms with Gasteiger partial charge < -0.3 is 4.90 Å². The Balaban J connectivity index is 1.90.